The standard InChI is InChI=1S/C26H28FN5O4S/c1-2-18-16-30(17-21-15-28-29-31(21)25(33)19-8-4-3-5-9-19)26(34)24-13-7-12-23(18)32(24)37(35,36)22-11-6-10-20(27)14-22/h3-6,8-11,14-15,18,23-24H,2,7,12-13,16-17H2,1H3/t18-,23?,24?/m0/s1. The van der Waals surface area contributed by atoms with Crippen molar-refractivity contribution in [3.8, 4) is 0 Å². The maximum atomic E-state index is 14.0. The Hall–Kier alpha value is -3.44. The number of benzene rings is 2. The van der Waals surface area contributed by atoms with Crippen LogP contribution in [0, 0.1) is 11.7 Å². The molecule has 0 N–H and O–H groups in total. The Bertz CT molecular complexity index is 1410. The van der Waals surface area contributed by atoms with Gasteiger partial charge in [-0.1, -0.05) is 42.8 Å². The molecule has 2 aliphatic rings. The van der Waals surface area contributed by atoms with Gasteiger partial charge in [0.2, 0.25) is 15.9 Å². The molecule has 2 unspecified atom stereocenters. The summed E-state index contributed by atoms with van der Waals surface area (Å²) in [6.45, 7) is 2.37. The van der Waals surface area contributed by atoms with Crippen molar-refractivity contribution in [1.82, 2.24) is 24.2 Å². The number of carbonyl (C=O) groups excluding carboxylic acids is 2. The van der Waals surface area contributed by atoms with Crippen molar-refractivity contribution in [2.24, 2.45) is 5.92 Å². The van der Waals surface area contributed by atoms with Crippen LogP contribution >= 0.6 is 0 Å². The maximum absolute atomic E-state index is 14.0. The Kier molecular flexibility index (Phi) is 6.91. The third kappa shape index (κ3) is 4.69. The highest BCUT2D eigenvalue weighted by molar-refractivity contribution is 7.89. The fourth-order valence-corrected chi connectivity index (χ4v) is 7.38. The topological polar surface area (TPSA) is 105 Å². The molecule has 37 heavy (non-hydrogen) atoms. The number of amides is 1. The molecule has 0 spiro atoms. The molecular weight excluding hydrogens is 497 g/mol. The molecule has 2 bridgehead atoms. The van der Waals surface area contributed by atoms with Crippen molar-refractivity contribution in [2.45, 2.75) is 56.1 Å². The quantitative estimate of drug-likeness (QED) is 0.490. The van der Waals surface area contributed by atoms with E-state index in [1.54, 1.807) is 29.2 Å². The van der Waals surface area contributed by atoms with Crippen LogP contribution in [0.15, 0.2) is 65.7 Å². The molecule has 11 heteroatoms. The highest BCUT2D eigenvalue weighted by atomic mass is 32.2. The first-order valence-corrected chi connectivity index (χ1v) is 13.8. The van der Waals surface area contributed by atoms with E-state index < -0.39 is 21.9 Å². The van der Waals surface area contributed by atoms with E-state index in [9.17, 15) is 22.4 Å². The van der Waals surface area contributed by atoms with Gasteiger partial charge in [0.15, 0.2) is 0 Å². The summed E-state index contributed by atoms with van der Waals surface area (Å²) in [6, 6.07) is 12.3. The van der Waals surface area contributed by atoms with Crippen molar-refractivity contribution in [3.63, 3.8) is 0 Å². The smallest absolute Gasteiger partial charge is 0.279 e. The zero-order valence-corrected chi connectivity index (χ0v) is 21.2. The van der Waals surface area contributed by atoms with Crippen LogP contribution < -0.4 is 0 Å². The minimum atomic E-state index is -4.12. The fraction of sp³-hybridized carbons (Fsp3) is 0.385. The van der Waals surface area contributed by atoms with E-state index in [1.807, 2.05) is 13.0 Å². The van der Waals surface area contributed by atoms with Crippen molar-refractivity contribution >= 4 is 21.8 Å². The fourth-order valence-electron chi connectivity index (χ4n) is 5.46. The summed E-state index contributed by atoms with van der Waals surface area (Å²) in [5.74, 6) is -1.48. The van der Waals surface area contributed by atoms with E-state index in [0.717, 1.165) is 6.07 Å². The van der Waals surface area contributed by atoms with Crippen LogP contribution in [0.25, 0.3) is 0 Å². The summed E-state index contributed by atoms with van der Waals surface area (Å²) in [4.78, 5) is 28.4. The molecule has 3 atom stereocenters. The van der Waals surface area contributed by atoms with Gasteiger partial charge in [-0.3, -0.25) is 9.59 Å². The largest absolute Gasteiger partial charge is 0.335 e. The molecule has 3 heterocycles. The van der Waals surface area contributed by atoms with Crippen LogP contribution in [0.3, 0.4) is 0 Å². The Labute approximate surface area is 214 Å². The van der Waals surface area contributed by atoms with Gasteiger partial charge in [0.25, 0.3) is 5.91 Å². The summed E-state index contributed by atoms with van der Waals surface area (Å²) in [6.07, 6.45) is 3.81. The number of hydrogen-bond acceptors (Lipinski definition) is 6. The number of fused-ring (bicyclic) bond motifs is 2. The Balaban J connectivity index is 1.49. The number of sulfonamides is 1. The van der Waals surface area contributed by atoms with E-state index in [-0.39, 0.29) is 35.2 Å². The minimum absolute atomic E-state index is 0.0674. The highest BCUT2D eigenvalue weighted by Crippen LogP contribution is 2.38. The van der Waals surface area contributed by atoms with Crippen LogP contribution in [0.4, 0.5) is 4.39 Å². The summed E-state index contributed by atoms with van der Waals surface area (Å²) in [5, 5.41) is 7.85. The molecule has 5 rings (SSSR count). The zero-order chi connectivity index (χ0) is 26.2. The molecule has 2 saturated heterocycles. The first-order valence-electron chi connectivity index (χ1n) is 12.4. The zero-order valence-electron chi connectivity index (χ0n) is 20.4. The Morgan fingerprint density at radius 3 is 2.62 bits per heavy atom. The lowest BCUT2D eigenvalue weighted by molar-refractivity contribution is -0.135. The molecule has 3 aromatic rings. The van der Waals surface area contributed by atoms with Crippen LogP contribution in [0.1, 0.15) is 48.7 Å². The van der Waals surface area contributed by atoms with Crippen molar-refractivity contribution in [1.29, 1.82) is 0 Å². The van der Waals surface area contributed by atoms with E-state index in [0.29, 0.717) is 43.5 Å². The van der Waals surface area contributed by atoms with Gasteiger partial charge in [0.05, 0.1) is 23.3 Å². The first-order chi connectivity index (χ1) is 17.8. The second-order valence-corrected chi connectivity index (χ2v) is 11.3. The molecular formula is C26H28FN5O4S. The summed E-state index contributed by atoms with van der Waals surface area (Å²) in [5.41, 5.74) is 0.874. The van der Waals surface area contributed by atoms with Gasteiger partial charge in [0, 0.05) is 18.2 Å². The van der Waals surface area contributed by atoms with Crippen LogP contribution in [0.2, 0.25) is 0 Å². The van der Waals surface area contributed by atoms with E-state index >= 15 is 0 Å². The average Bonchev–Trinajstić information content (AvgIpc) is 3.36. The van der Waals surface area contributed by atoms with E-state index in [1.165, 1.54) is 33.4 Å². The SMILES string of the molecule is CC[C@H]1CN(Cc2cnnn2C(=O)c2ccccc2)C(=O)C2CCCC1N2S(=O)(=O)c1cccc(F)c1. The Morgan fingerprint density at radius 2 is 1.89 bits per heavy atom. The number of aromatic nitrogens is 3. The molecule has 2 aliphatic heterocycles. The first kappa shape index (κ1) is 25.2. The predicted octanol–water partition coefficient (Wildman–Crippen LogP) is 3.09. The second-order valence-electron chi connectivity index (χ2n) is 9.50. The minimum Gasteiger partial charge on any atom is -0.335 e. The number of carbonyl (C=O) groups is 2. The highest BCUT2D eigenvalue weighted by Gasteiger charge is 2.49. The molecule has 2 aromatic carbocycles. The van der Waals surface area contributed by atoms with Crippen molar-refractivity contribution < 1.29 is 22.4 Å². The summed E-state index contributed by atoms with van der Waals surface area (Å²) < 4.78 is 44.0. The molecule has 0 radical (unpaired) electrons. The number of nitrogens with zero attached hydrogens (tertiary/aromatic N) is 5. The lowest BCUT2D eigenvalue weighted by atomic mass is 9.89. The molecule has 2 fully saturated rings. The number of hydrogen-bond donors (Lipinski definition) is 0. The van der Waals surface area contributed by atoms with E-state index in [4.69, 9.17) is 0 Å². The van der Waals surface area contributed by atoms with E-state index in [2.05, 4.69) is 10.3 Å². The average molecular weight is 526 g/mol. The molecule has 0 saturated carbocycles. The third-order valence-corrected chi connectivity index (χ3v) is 9.22. The monoisotopic (exact) mass is 525 g/mol. The van der Waals surface area contributed by atoms with Crippen LogP contribution in [-0.2, 0) is 21.4 Å². The lowest BCUT2D eigenvalue weighted by Crippen LogP contribution is -2.54. The van der Waals surface area contributed by atoms with Crippen LogP contribution in [-0.4, -0.2) is 63.1 Å². The summed E-state index contributed by atoms with van der Waals surface area (Å²) in [7, 11) is -4.12. The van der Waals surface area contributed by atoms with Crippen LogP contribution in [0.5, 0.6) is 0 Å². The second kappa shape index (κ2) is 10.1. The number of piperidine rings is 1. The number of halogens is 1. The van der Waals surface area contributed by atoms with Gasteiger partial charge in [-0.25, -0.2) is 12.8 Å². The number of rotatable bonds is 6. The van der Waals surface area contributed by atoms with Gasteiger partial charge in [-0.05, 0) is 55.5 Å². The molecule has 1 amide bonds. The molecule has 9 nitrogen and oxygen atoms in total. The maximum Gasteiger partial charge on any atom is 0.279 e. The van der Waals surface area contributed by atoms with Gasteiger partial charge in [-0.15, -0.1) is 5.10 Å². The molecule has 0 aliphatic carbocycles. The van der Waals surface area contributed by atoms with Crippen molar-refractivity contribution in [2.75, 3.05) is 6.54 Å². The van der Waals surface area contributed by atoms with Gasteiger partial charge < -0.3 is 4.90 Å². The van der Waals surface area contributed by atoms with Gasteiger partial charge >= 0.3 is 0 Å². The summed E-state index contributed by atoms with van der Waals surface area (Å²) >= 11 is 0. The Morgan fingerprint density at radius 1 is 1.11 bits per heavy atom. The normalized spacial score (nSPS) is 22.6. The molecule has 1 aromatic heterocycles. The third-order valence-electron chi connectivity index (χ3n) is 7.29. The predicted molar refractivity (Wildman–Crippen MR) is 132 cm³/mol. The van der Waals surface area contributed by atoms with Crippen molar-refractivity contribution in [3.05, 3.63) is 77.9 Å². The molecule has 194 valence electrons. The van der Waals surface area contributed by atoms with Gasteiger partial charge in [-0.2, -0.15) is 8.99 Å². The lowest BCUT2D eigenvalue weighted by Gasteiger charge is -2.40. The van der Waals surface area contributed by atoms with Gasteiger partial charge in [0.1, 0.15) is 11.9 Å².